The van der Waals surface area contributed by atoms with E-state index in [9.17, 15) is 4.79 Å². The number of carbonyl (C=O) groups is 1. The van der Waals surface area contributed by atoms with E-state index in [1.54, 1.807) is 0 Å². The average Bonchev–Trinajstić information content (AvgIpc) is 3.00. The number of nitrogens with one attached hydrogen (secondary N) is 1. The molecule has 2 aromatic carbocycles. The quantitative estimate of drug-likeness (QED) is 0.336. The summed E-state index contributed by atoms with van der Waals surface area (Å²) in [6, 6.07) is 16.7. The molecule has 0 saturated heterocycles. The summed E-state index contributed by atoms with van der Waals surface area (Å²) >= 11 is 0. The Morgan fingerprint density at radius 2 is 1.56 bits per heavy atom. The predicted molar refractivity (Wildman–Crippen MR) is 98.0 cm³/mol. The van der Waals surface area contributed by atoms with Crippen molar-refractivity contribution < 1.29 is 29.3 Å². The largest absolute Gasteiger partial charge is 0.480 e. The average molecular weight is 373 g/mol. The second-order valence-corrected chi connectivity index (χ2v) is 6.05. The highest BCUT2D eigenvalue weighted by atomic mass is 17.3. The molecule has 0 amide bonds. The van der Waals surface area contributed by atoms with Gasteiger partial charge in [0.15, 0.2) is 0 Å². The third-order valence-corrected chi connectivity index (χ3v) is 4.26. The molecule has 0 atom stereocenters. The Morgan fingerprint density at radius 3 is 2.22 bits per heavy atom. The monoisotopic (exact) mass is 373 g/mol. The number of benzene rings is 2. The molecule has 144 valence electrons. The topological polar surface area (TPSA) is 86.3 Å². The summed E-state index contributed by atoms with van der Waals surface area (Å²) in [6.45, 7) is 1.50. The third-order valence-electron chi connectivity index (χ3n) is 4.26. The van der Waals surface area contributed by atoms with Crippen LogP contribution in [0.3, 0.4) is 0 Å². The number of carboxylic acid groups (broad SMARTS) is 1. The maximum atomic E-state index is 10.3. The zero-order chi connectivity index (χ0) is 18.9. The molecule has 1 aliphatic rings. The number of carboxylic acids is 1. The van der Waals surface area contributed by atoms with Crippen molar-refractivity contribution in [1.82, 2.24) is 5.48 Å². The zero-order valence-corrected chi connectivity index (χ0v) is 14.9. The predicted octanol–water partition coefficient (Wildman–Crippen LogP) is 2.37. The number of aliphatic carboxylic acids is 1. The van der Waals surface area contributed by atoms with Crippen molar-refractivity contribution in [3.63, 3.8) is 0 Å². The van der Waals surface area contributed by atoms with Gasteiger partial charge in [-0.25, -0.2) is 9.68 Å². The Hall–Kier alpha value is -2.29. The maximum Gasteiger partial charge on any atom is 0.329 e. The van der Waals surface area contributed by atoms with Crippen LogP contribution in [0.5, 0.6) is 0 Å². The van der Waals surface area contributed by atoms with Crippen molar-refractivity contribution in [2.45, 2.75) is 5.92 Å². The summed E-state index contributed by atoms with van der Waals surface area (Å²) < 4.78 is 10.1. The Kier molecular flexibility index (Phi) is 7.32. The fourth-order valence-electron chi connectivity index (χ4n) is 3.12. The first-order valence-corrected chi connectivity index (χ1v) is 8.84. The lowest BCUT2D eigenvalue weighted by Crippen LogP contribution is -2.22. The zero-order valence-electron chi connectivity index (χ0n) is 14.9. The van der Waals surface area contributed by atoms with Crippen LogP contribution in [-0.2, 0) is 24.1 Å². The van der Waals surface area contributed by atoms with E-state index in [4.69, 9.17) is 24.5 Å². The molecule has 0 heterocycles. The van der Waals surface area contributed by atoms with Gasteiger partial charge in [-0.1, -0.05) is 48.5 Å². The molecule has 0 aromatic heterocycles. The highest BCUT2D eigenvalue weighted by molar-refractivity contribution is 5.78. The molecule has 0 aliphatic heterocycles. The van der Waals surface area contributed by atoms with Crippen molar-refractivity contribution in [1.29, 1.82) is 0 Å². The van der Waals surface area contributed by atoms with Gasteiger partial charge in [0.05, 0.1) is 26.4 Å². The smallest absolute Gasteiger partial charge is 0.329 e. The van der Waals surface area contributed by atoms with Gasteiger partial charge in [0, 0.05) is 12.5 Å². The fraction of sp³-hybridized carbons (Fsp3) is 0.350. The van der Waals surface area contributed by atoms with Gasteiger partial charge in [-0.2, -0.15) is 5.48 Å². The number of hydrogen-bond acceptors (Lipinski definition) is 6. The molecule has 2 aromatic rings. The molecule has 27 heavy (non-hydrogen) atoms. The van der Waals surface area contributed by atoms with E-state index in [0.717, 1.165) is 0 Å². The normalized spacial score (nSPS) is 12.7. The van der Waals surface area contributed by atoms with Crippen molar-refractivity contribution in [3.05, 3.63) is 59.7 Å². The summed E-state index contributed by atoms with van der Waals surface area (Å²) in [4.78, 5) is 20.7. The highest BCUT2D eigenvalue weighted by Gasteiger charge is 2.28. The van der Waals surface area contributed by atoms with E-state index in [1.165, 1.54) is 22.3 Å². The first-order chi connectivity index (χ1) is 13.3. The van der Waals surface area contributed by atoms with E-state index in [1.807, 2.05) is 24.3 Å². The van der Waals surface area contributed by atoms with Crippen molar-refractivity contribution >= 4 is 5.97 Å². The van der Waals surface area contributed by atoms with Crippen LogP contribution in [0.2, 0.25) is 0 Å². The first-order valence-electron chi connectivity index (χ1n) is 8.84. The lowest BCUT2D eigenvalue weighted by molar-refractivity contribution is -0.338. The SMILES string of the molecule is O=C(O)COCCOCCNOOCC1c2ccccc2-c2ccccc21. The van der Waals surface area contributed by atoms with Gasteiger partial charge in [-0.05, 0) is 22.3 Å². The van der Waals surface area contributed by atoms with E-state index >= 15 is 0 Å². The Balaban J connectivity index is 1.33. The maximum absolute atomic E-state index is 10.3. The molecule has 1 aliphatic carbocycles. The van der Waals surface area contributed by atoms with Crippen LogP contribution in [0, 0.1) is 0 Å². The van der Waals surface area contributed by atoms with Crippen molar-refractivity contribution in [3.8, 4) is 11.1 Å². The van der Waals surface area contributed by atoms with Crippen molar-refractivity contribution in [2.75, 3.05) is 39.6 Å². The van der Waals surface area contributed by atoms with E-state index in [0.29, 0.717) is 26.4 Å². The van der Waals surface area contributed by atoms with E-state index in [-0.39, 0.29) is 19.1 Å². The molecule has 0 bridgehead atoms. The lowest BCUT2D eigenvalue weighted by atomic mass is 9.98. The van der Waals surface area contributed by atoms with Gasteiger partial charge >= 0.3 is 5.97 Å². The second-order valence-electron chi connectivity index (χ2n) is 6.05. The molecule has 0 radical (unpaired) electrons. The number of fused-ring (bicyclic) bond motifs is 3. The summed E-state index contributed by atoms with van der Waals surface area (Å²) in [5.41, 5.74) is 7.66. The van der Waals surface area contributed by atoms with Crippen LogP contribution in [0.15, 0.2) is 48.5 Å². The van der Waals surface area contributed by atoms with Crippen LogP contribution in [-0.4, -0.2) is 50.7 Å². The Bertz CT molecular complexity index is 705. The van der Waals surface area contributed by atoms with E-state index in [2.05, 4.69) is 29.7 Å². The summed E-state index contributed by atoms with van der Waals surface area (Å²) in [5, 5.41) is 8.42. The van der Waals surface area contributed by atoms with Gasteiger partial charge in [0.1, 0.15) is 6.61 Å². The summed E-state index contributed by atoms with van der Waals surface area (Å²) in [6.07, 6.45) is 0. The lowest BCUT2D eigenvalue weighted by Gasteiger charge is -2.13. The molecule has 0 spiro atoms. The Labute approximate surface area is 157 Å². The number of rotatable bonds is 12. The summed E-state index contributed by atoms with van der Waals surface area (Å²) in [7, 11) is 0. The minimum atomic E-state index is -0.991. The minimum Gasteiger partial charge on any atom is -0.480 e. The van der Waals surface area contributed by atoms with E-state index < -0.39 is 5.97 Å². The minimum absolute atomic E-state index is 0.141. The molecular formula is C20H23NO6. The van der Waals surface area contributed by atoms with Gasteiger partial charge in [0.25, 0.3) is 0 Å². The van der Waals surface area contributed by atoms with Crippen LogP contribution >= 0.6 is 0 Å². The van der Waals surface area contributed by atoms with Gasteiger partial charge in [-0.3, -0.25) is 0 Å². The van der Waals surface area contributed by atoms with Crippen LogP contribution in [0.4, 0.5) is 0 Å². The van der Waals surface area contributed by atoms with Crippen LogP contribution in [0.25, 0.3) is 11.1 Å². The molecule has 2 N–H and O–H groups in total. The van der Waals surface area contributed by atoms with Gasteiger partial charge < -0.3 is 14.6 Å². The van der Waals surface area contributed by atoms with Gasteiger partial charge in [-0.15, -0.1) is 4.99 Å². The molecule has 7 nitrogen and oxygen atoms in total. The molecule has 0 unspecified atom stereocenters. The summed E-state index contributed by atoms with van der Waals surface area (Å²) in [5.74, 6) is -0.850. The van der Waals surface area contributed by atoms with Crippen LogP contribution < -0.4 is 5.48 Å². The standard InChI is InChI=1S/C20H23NO6/c22-20(23)14-25-12-11-24-10-9-21-27-26-13-19-17-7-3-1-5-15(17)16-6-2-4-8-18(16)19/h1-8,19,21H,9-14H2,(H,22,23). The molecule has 0 fully saturated rings. The van der Waals surface area contributed by atoms with Crippen molar-refractivity contribution in [2.24, 2.45) is 0 Å². The van der Waals surface area contributed by atoms with Gasteiger partial charge in [0.2, 0.25) is 0 Å². The van der Waals surface area contributed by atoms with Crippen LogP contribution in [0.1, 0.15) is 17.0 Å². The molecule has 7 heteroatoms. The fourth-order valence-corrected chi connectivity index (χ4v) is 3.12. The molecular weight excluding hydrogens is 350 g/mol. The number of hydrogen-bond donors (Lipinski definition) is 2. The number of ether oxygens (including phenoxy) is 2. The third kappa shape index (κ3) is 5.35. The number of hydroxylamine groups is 1. The highest BCUT2D eigenvalue weighted by Crippen LogP contribution is 2.44. The molecule has 0 saturated carbocycles. The Morgan fingerprint density at radius 1 is 0.926 bits per heavy atom. The first kappa shape index (κ1) is 19.5. The second kappa shape index (κ2) is 10.1. The molecule has 3 rings (SSSR count).